The molecule has 0 aliphatic rings. The summed E-state index contributed by atoms with van der Waals surface area (Å²) in [4.78, 5) is 0. The van der Waals surface area contributed by atoms with Crippen molar-refractivity contribution in [2.24, 2.45) is 0 Å². The molecular weight excluding hydrogens is 154 g/mol. The summed E-state index contributed by atoms with van der Waals surface area (Å²) in [6, 6.07) is 5.24. The highest BCUT2D eigenvalue weighted by Gasteiger charge is 2.04. The number of nitrogens with two attached hydrogens (primary N) is 1. The van der Waals surface area contributed by atoms with E-state index >= 15 is 0 Å². The molecule has 1 rings (SSSR count). The van der Waals surface area contributed by atoms with Gasteiger partial charge in [-0.3, -0.25) is 0 Å². The average molecular weight is 167 g/mol. The molecule has 0 fully saturated rings. The largest absolute Gasteiger partial charge is 0.495 e. The van der Waals surface area contributed by atoms with Crippen molar-refractivity contribution in [1.29, 1.82) is 0 Å². The second-order valence-corrected chi connectivity index (χ2v) is 2.68. The van der Waals surface area contributed by atoms with E-state index < -0.39 is 6.10 Å². The monoisotopic (exact) mass is 167 g/mol. The summed E-state index contributed by atoms with van der Waals surface area (Å²) in [5.41, 5.74) is 6.99. The highest BCUT2D eigenvalue weighted by molar-refractivity contribution is 5.54. The Kier molecular flexibility index (Phi) is 2.55. The van der Waals surface area contributed by atoms with Crippen LogP contribution in [0.3, 0.4) is 0 Å². The second-order valence-electron chi connectivity index (χ2n) is 2.68. The Hall–Kier alpha value is -1.22. The van der Waals surface area contributed by atoms with Crippen LogP contribution in [0.5, 0.6) is 5.75 Å². The van der Waals surface area contributed by atoms with Gasteiger partial charge < -0.3 is 15.6 Å². The van der Waals surface area contributed by atoms with Crippen molar-refractivity contribution in [3.8, 4) is 5.75 Å². The van der Waals surface area contributed by atoms with E-state index in [4.69, 9.17) is 10.5 Å². The van der Waals surface area contributed by atoms with Gasteiger partial charge in [0, 0.05) is 0 Å². The van der Waals surface area contributed by atoms with Gasteiger partial charge in [0.1, 0.15) is 5.75 Å². The standard InChI is InChI=1S/C9H13NO2/c1-6(11)7-3-4-8(10)9(5-7)12-2/h3-6,11H,10H2,1-2H3/t6-/m0/s1. The number of ether oxygens (including phenoxy) is 1. The molecule has 3 N–H and O–H groups in total. The average Bonchev–Trinajstić information content (AvgIpc) is 2.05. The van der Waals surface area contributed by atoms with Crippen LogP contribution in [-0.2, 0) is 0 Å². The van der Waals surface area contributed by atoms with E-state index in [1.807, 2.05) is 0 Å². The number of hydrogen-bond donors (Lipinski definition) is 2. The van der Waals surface area contributed by atoms with Gasteiger partial charge in [-0.1, -0.05) is 6.07 Å². The maximum atomic E-state index is 9.24. The van der Waals surface area contributed by atoms with Crippen molar-refractivity contribution in [3.05, 3.63) is 23.8 Å². The number of anilines is 1. The quantitative estimate of drug-likeness (QED) is 0.653. The van der Waals surface area contributed by atoms with E-state index in [1.54, 1.807) is 32.2 Å². The molecule has 1 aromatic carbocycles. The van der Waals surface area contributed by atoms with E-state index in [1.165, 1.54) is 0 Å². The molecule has 0 aliphatic heterocycles. The van der Waals surface area contributed by atoms with Crippen LogP contribution in [0.2, 0.25) is 0 Å². The molecule has 0 bridgehead atoms. The van der Waals surface area contributed by atoms with Crippen molar-refractivity contribution in [3.63, 3.8) is 0 Å². The fraction of sp³-hybridized carbons (Fsp3) is 0.333. The molecule has 0 heterocycles. The second kappa shape index (κ2) is 3.45. The van der Waals surface area contributed by atoms with Crippen LogP contribution in [0.25, 0.3) is 0 Å². The van der Waals surface area contributed by atoms with Crippen LogP contribution in [0.1, 0.15) is 18.6 Å². The maximum absolute atomic E-state index is 9.24. The van der Waals surface area contributed by atoms with Gasteiger partial charge in [0.05, 0.1) is 18.9 Å². The van der Waals surface area contributed by atoms with Gasteiger partial charge in [-0.05, 0) is 24.6 Å². The first-order valence-corrected chi connectivity index (χ1v) is 3.76. The molecule has 0 radical (unpaired) electrons. The summed E-state index contributed by atoms with van der Waals surface area (Å²) >= 11 is 0. The Balaban J connectivity index is 3.05. The van der Waals surface area contributed by atoms with Gasteiger partial charge in [0.2, 0.25) is 0 Å². The molecule has 0 aromatic heterocycles. The summed E-state index contributed by atoms with van der Waals surface area (Å²) in [6.45, 7) is 1.70. The minimum Gasteiger partial charge on any atom is -0.495 e. The van der Waals surface area contributed by atoms with Gasteiger partial charge in [-0.25, -0.2) is 0 Å². The van der Waals surface area contributed by atoms with Crippen LogP contribution in [0.15, 0.2) is 18.2 Å². The van der Waals surface area contributed by atoms with E-state index in [2.05, 4.69) is 0 Å². The van der Waals surface area contributed by atoms with Crippen LogP contribution >= 0.6 is 0 Å². The fourth-order valence-electron chi connectivity index (χ4n) is 0.988. The smallest absolute Gasteiger partial charge is 0.142 e. The first kappa shape index (κ1) is 8.87. The Morgan fingerprint density at radius 1 is 1.50 bits per heavy atom. The van der Waals surface area contributed by atoms with E-state index in [-0.39, 0.29) is 0 Å². The third-order valence-corrected chi connectivity index (χ3v) is 1.74. The molecule has 0 unspecified atom stereocenters. The normalized spacial score (nSPS) is 12.6. The Morgan fingerprint density at radius 2 is 2.17 bits per heavy atom. The molecule has 1 aromatic rings. The number of aliphatic hydroxyl groups excluding tert-OH is 1. The van der Waals surface area contributed by atoms with Crippen molar-refractivity contribution in [2.75, 3.05) is 12.8 Å². The summed E-state index contributed by atoms with van der Waals surface area (Å²) in [5, 5.41) is 9.24. The van der Waals surface area contributed by atoms with Crippen molar-refractivity contribution in [1.82, 2.24) is 0 Å². The lowest BCUT2D eigenvalue weighted by Crippen LogP contribution is -1.96. The fourth-order valence-corrected chi connectivity index (χ4v) is 0.988. The Morgan fingerprint density at radius 3 is 2.67 bits per heavy atom. The number of rotatable bonds is 2. The number of aliphatic hydroxyl groups is 1. The molecule has 0 spiro atoms. The van der Waals surface area contributed by atoms with Gasteiger partial charge in [0.15, 0.2) is 0 Å². The molecular formula is C9H13NO2. The van der Waals surface area contributed by atoms with Gasteiger partial charge in [-0.15, -0.1) is 0 Å². The summed E-state index contributed by atoms with van der Waals surface area (Å²) in [6.07, 6.45) is -0.487. The highest BCUT2D eigenvalue weighted by atomic mass is 16.5. The predicted octanol–water partition coefficient (Wildman–Crippen LogP) is 1.33. The summed E-state index contributed by atoms with van der Waals surface area (Å²) < 4.78 is 5.00. The van der Waals surface area contributed by atoms with Gasteiger partial charge in [-0.2, -0.15) is 0 Å². The van der Waals surface area contributed by atoms with E-state index in [9.17, 15) is 5.11 Å². The summed E-state index contributed by atoms with van der Waals surface area (Å²) in [5.74, 6) is 0.605. The Bertz CT molecular complexity index is 271. The molecule has 0 amide bonds. The highest BCUT2D eigenvalue weighted by Crippen LogP contribution is 2.25. The zero-order valence-electron chi connectivity index (χ0n) is 7.24. The molecule has 0 saturated carbocycles. The molecule has 0 aliphatic carbocycles. The first-order valence-electron chi connectivity index (χ1n) is 3.76. The van der Waals surface area contributed by atoms with Gasteiger partial charge in [0.25, 0.3) is 0 Å². The third kappa shape index (κ3) is 1.68. The van der Waals surface area contributed by atoms with Crippen molar-refractivity contribution >= 4 is 5.69 Å². The van der Waals surface area contributed by atoms with Gasteiger partial charge >= 0.3 is 0 Å². The number of nitrogen functional groups attached to an aromatic ring is 1. The zero-order chi connectivity index (χ0) is 9.14. The predicted molar refractivity (Wildman–Crippen MR) is 48.0 cm³/mol. The minimum absolute atomic E-state index is 0.487. The van der Waals surface area contributed by atoms with Crippen LogP contribution in [0, 0.1) is 0 Å². The topological polar surface area (TPSA) is 55.5 Å². The molecule has 3 nitrogen and oxygen atoms in total. The minimum atomic E-state index is -0.487. The third-order valence-electron chi connectivity index (χ3n) is 1.74. The molecule has 3 heteroatoms. The van der Waals surface area contributed by atoms with Crippen LogP contribution in [-0.4, -0.2) is 12.2 Å². The van der Waals surface area contributed by atoms with Crippen molar-refractivity contribution < 1.29 is 9.84 Å². The lowest BCUT2D eigenvalue weighted by Gasteiger charge is -2.08. The molecule has 66 valence electrons. The lowest BCUT2D eigenvalue weighted by molar-refractivity contribution is 0.199. The lowest BCUT2D eigenvalue weighted by atomic mass is 10.1. The van der Waals surface area contributed by atoms with E-state index in [0.29, 0.717) is 11.4 Å². The van der Waals surface area contributed by atoms with E-state index in [0.717, 1.165) is 5.56 Å². The maximum Gasteiger partial charge on any atom is 0.142 e. The summed E-state index contributed by atoms with van der Waals surface area (Å²) in [7, 11) is 1.55. The number of benzene rings is 1. The van der Waals surface area contributed by atoms with Crippen LogP contribution < -0.4 is 10.5 Å². The SMILES string of the molecule is COc1cc([C@H](C)O)ccc1N. The molecule has 0 saturated heterocycles. The number of methoxy groups -OCH3 is 1. The van der Waals surface area contributed by atoms with Crippen molar-refractivity contribution in [2.45, 2.75) is 13.0 Å². The molecule has 12 heavy (non-hydrogen) atoms. The molecule has 1 atom stereocenters. The first-order chi connectivity index (χ1) is 5.65. The number of hydrogen-bond acceptors (Lipinski definition) is 3. The zero-order valence-corrected chi connectivity index (χ0v) is 7.24. The van der Waals surface area contributed by atoms with Crippen LogP contribution in [0.4, 0.5) is 5.69 Å². The Labute approximate surface area is 71.8 Å².